The van der Waals surface area contributed by atoms with Gasteiger partial charge in [0.1, 0.15) is 0 Å². The third-order valence-electron chi connectivity index (χ3n) is 1.98. The van der Waals surface area contributed by atoms with Crippen molar-refractivity contribution in [1.82, 2.24) is 9.97 Å². The Bertz CT molecular complexity index is 554. The zero-order valence-electron chi connectivity index (χ0n) is 8.59. The molecule has 0 atom stereocenters. The molecule has 0 aliphatic carbocycles. The van der Waals surface area contributed by atoms with Crippen LogP contribution in [0.15, 0.2) is 34.4 Å². The lowest BCUT2D eigenvalue weighted by Crippen LogP contribution is -2.10. The van der Waals surface area contributed by atoms with Gasteiger partial charge < -0.3 is 0 Å². The number of nitrogens with zero attached hydrogens (tertiary/aromatic N) is 2. The summed E-state index contributed by atoms with van der Waals surface area (Å²) in [5, 5.41) is 1.80. The number of aromatic nitrogens is 2. The predicted octanol–water partition coefficient (Wildman–Crippen LogP) is 2.76. The van der Waals surface area contributed by atoms with Crippen LogP contribution in [0.4, 0.5) is 0 Å². The molecular weight excluding hydrogens is 304 g/mol. The fourth-order valence-corrected chi connectivity index (χ4v) is 2.58. The standard InChI is InChI=1S/C11H7BrN2O2S/c12-7-4-10(17-6-7)8(15)5-9(16)11-13-2-1-3-14-11/h1-4,6H,5H2. The number of hydrogen-bond donors (Lipinski definition) is 0. The van der Waals surface area contributed by atoms with Gasteiger partial charge in [0, 0.05) is 22.2 Å². The van der Waals surface area contributed by atoms with Crippen LogP contribution in [-0.4, -0.2) is 21.5 Å². The molecule has 86 valence electrons. The summed E-state index contributed by atoms with van der Waals surface area (Å²) in [5.74, 6) is -0.491. The number of halogens is 1. The van der Waals surface area contributed by atoms with E-state index in [1.54, 1.807) is 17.5 Å². The summed E-state index contributed by atoms with van der Waals surface area (Å²) in [5.41, 5.74) is 0. The van der Waals surface area contributed by atoms with Crippen LogP contribution in [0.1, 0.15) is 26.7 Å². The zero-order valence-corrected chi connectivity index (χ0v) is 11.0. The Labute approximate surface area is 110 Å². The van der Waals surface area contributed by atoms with Crippen LogP contribution in [0.3, 0.4) is 0 Å². The van der Waals surface area contributed by atoms with E-state index < -0.39 is 0 Å². The van der Waals surface area contributed by atoms with E-state index in [-0.39, 0.29) is 23.8 Å². The first kappa shape index (κ1) is 12.1. The number of hydrogen-bond acceptors (Lipinski definition) is 5. The van der Waals surface area contributed by atoms with Crippen molar-refractivity contribution in [3.63, 3.8) is 0 Å². The van der Waals surface area contributed by atoms with Crippen LogP contribution in [0.2, 0.25) is 0 Å². The Hall–Kier alpha value is -1.40. The molecule has 0 unspecified atom stereocenters. The van der Waals surface area contributed by atoms with E-state index in [1.807, 2.05) is 0 Å². The van der Waals surface area contributed by atoms with E-state index in [0.29, 0.717) is 4.88 Å². The molecule has 0 N–H and O–H groups in total. The molecule has 2 aromatic rings. The maximum absolute atomic E-state index is 11.8. The lowest BCUT2D eigenvalue weighted by Gasteiger charge is -1.96. The molecule has 0 saturated heterocycles. The number of ketones is 2. The van der Waals surface area contributed by atoms with Crippen molar-refractivity contribution in [2.45, 2.75) is 6.42 Å². The van der Waals surface area contributed by atoms with Crippen molar-refractivity contribution < 1.29 is 9.59 Å². The van der Waals surface area contributed by atoms with Crippen LogP contribution in [0, 0.1) is 0 Å². The highest BCUT2D eigenvalue weighted by molar-refractivity contribution is 9.10. The molecule has 6 heteroatoms. The SMILES string of the molecule is O=C(CC(=O)c1cc(Br)cs1)c1ncccn1. The Kier molecular flexibility index (Phi) is 3.75. The molecule has 0 aromatic carbocycles. The van der Waals surface area contributed by atoms with E-state index >= 15 is 0 Å². The van der Waals surface area contributed by atoms with Gasteiger partial charge in [-0.25, -0.2) is 9.97 Å². The minimum absolute atomic E-state index is 0.0801. The summed E-state index contributed by atoms with van der Waals surface area (Å²) in [4.78, 5) is 31.6. The van der Waals surface area contributed by atoms with Gasteiger partial charge in [-0.3, -0.25) is 9.59 Å². The lowest BCUT2D eigenvalue weighted by molar-refractivity contribution is 0.0890. The van der Waals surface area contributed by atoms with Gasteiger partial charge in [0.05, 0.1) is 11.3 Å². The minimum Gasteiger partial charge on any atom is -0.293 e. The number of thiophene rings is 1. The largest absolute Gasteiger partial charge is 0.293 e. The monoisotopic (exact) mass is 310 g/mol. The Balaban J connectivity index is 2.07. The van der Waals surface area contributed by atoms with E-state index in [0.717, 1.165) is 4.47 Å². The topological polar surface area (TPSA) is 59.9 Å². The molecule has 0 bridgehead atoms. The van der Waals surface area contributed by atoms with Crippen molar-refractivity contribution in [2.75, 3.05) is 0 Å². The predicted molar refractivity (Wildman–Crippen MR) is 67.3 cm³/mol. The quantitative estimate of drug-likeness (QED) is 0.643. The first-order valence-corrected chi connectivity index (χ1v) is 6.41. The molecule has 17 heavy (non-hydrogen) atoms. The average Bonchev–Trinajstić information content (AvgIpc) is 2.77. The molecule has 2 aromatic heterocycles. The molecule has 0 fully saturated rings. The smallest absolute Gasteiger partial charge is 0.207 e. The maximum Gasteiger partial charge on any atom is 0.207 e. The summed E-state index contributed by atoms with van der Waals surface area (Å²) in [6, 6.07) is 3.32. The molecule has 2 heterocycles. The first-order valence-electron chi connectivity index (χ1n) is 4.74. The zero-order chi connectivity index (χ0) is 12.3. The second kappa shape index (κ2) is 5.29. The summed E-state index contributed by atoms with van der Waals surface area (Å²) in [6.45, 7) is 0. The average molecular weight is 311 g/mol. The third-order valence-corrected chi connectivity index (χ3v) is 3.71. The van der Waals surface area contributed by atoms with Gasteiger partial charge in [0.25, 0.3) is 0 Å². The Morgan fingerprint density at radius 2 is 1.94 bits per heavy atom. The summed E-state index contributed by atoms with van der Waals surface area (Å²) in [7, 11) is 0. The first-order chi connectivity index (χ1) is 8.16. The molecule has 0 aliphatic heterocycles. The van der Waals surface area contributed by atoms with E-state index in [4.69, 9.17) is 0 Å². The van der Waals surface area contributed by atoms with E-state index in [1.165, 1.54) is 23.7 Å². The molecule has 0 amide bonds. The van der Waals surface area contributed by atoms with E-state index in [9.17, 15) is 9.59 Å². The highest BCUT2D eigenvalue weighted by atomic mass is 79.9. The summed E-state index contributed by atoms with van der Waals surface area (Å²) < 4.78 is 0.842. The molecule has 0 radical (unpaired) electrons. The van der Waals surface area contributed by atoms with Crippen LogP contribution in [-0.2, 0) is 0 Å². The molecule has 0 saturated carbocycles. The van der Waals surface area contributed by atoms with Crippen LogP contribution < -0.4 is 0 Å². The summed E-state index contributed by atoms with van der Waals surface area (Å²) >= 11 is 4.57. The third kappa shape index (κ3) is 3.04. The number of carbonyl (C=O) groups is 2. The van der Waals surface area contributed by atoms with Gasteiger partial charge in [0.15, 0.2) is 11.6 Å². The molecule has 0 aliphatic rings. The molecule has 4 nitrogen and oxygen atoms in total. The Morgan fingerprint density at radius 1 is 1.24 bits per heavy atom. The van der Waals surface area contributed by atoms with Gasteiger partial charge in [-0.1, -0.05) is 0 Å². The fourth-order valence-electron chi connectivity index (χ4n) is 1.21. The summed E-state index contributed by atoms with van der Waals surface area (Å²) in [6.07, 6.45) is 2.76. The van der Waals surface area contributed by atoms with Crippen LogP contribution >= 0.6 is 27.3 Å². The van der Waals surface area contributed by atoms with Gasteiger partial charge in [-0.2, -0.15) is 0 Å². The maximum atomic E-state index is 11.8. The van der Waals surface area contributed by atoms with Crippen molar-refractivity contribution in [1.29, 1.82) is 0 Å². The van der Waals surface area contributed by atoms with E-state index in [2.05, 4.69) is 25.9 Å². The number of rotatable bonds is 4. The van der Waals surface area contributed by atoms with Gasteiger partial charge in [-0.15, -0.1) is 11.3 Å². The van der Waals surface area contributed by atoms with Crippen molar-refractivity contribution in [2.24, 2.45) is 0 Å². The van der Waals surface area contributed by atoms with Gasteiger partial charge in [-0.05, 0) is 28.1 Å². The Morgan fingerprint density at radius 3 is 2.53 bits per heavy atom. The van der Waals surface area contributed by atoms with Gasteiger partial charge >= 0.3 is 0 Å². The minimum atomic E-state index is -0.361. The molecular formula is C11H7BrN2O2S. The highest BCUT2D eigenvalue weighted by Gasteiger charge is 2.16. The van der Waals surface area contributed by atoms with Crippen molar-refractivity contribution in [3.05, 3.63) is 45.1 Å². The molecule has 2 rings (SSSR count). The second-order valence-corrected chi connectivity index (χ2v) is 5.05. The van der Waals surface area contributed by atoms with Crippen LogP contribution in [0.5, 0.6) is 0 Å². The molecule has 0 spiro atoms. The fraction of sp³-hybridized carbons (Fsp3) is 0.0909. The lowest BCUT2D eigenvalue weighted by atomic mass is 10.1. The number of Topliss-reactive ketones (excluding diaryl/α,β-unsaturated/α-hetero) is 2. The van der Waals surface area contributed by atoms with Crippen LogP contribution in [0.25, 0.3) is 0 Å². The highest BCUT2D eigenvalue weighted by Crippen LogP contribution is 2.21. The normalized spacial score (nSPS) is 10.2. The van der Waals surface area contributed by atoms with Crippen molar-refractivity contribution >= 4 is 38.8 Å². The number of carbonyl (C=O) groups excluding carboxylic acids is 2. The van der Waals surface area contributed by atoms with Crippen molar-refractivity contribution in [3.8, 4) is 0 Å². The second-order valence-electron chi connectivity index (χ2n) is 3.22. The van der Waals surface area contributed by atoms with Gasteiger partial charge in [0.2, 0.25) is 5.78 Å².